The van der Waals surface area contributed by atoms with E-state index in [0.717, 1.165) is 19.3 Å². The lowest BCUT2D eigenvalue weighted by Gasteiger charge is -2.02. The Morgan fingerprint density at radius 2 is 2.27 bits per heavy atom. The van der Waals surface area contributed by atoms with Crippen LogP contribution >= 0.6 is 0 Å². The molecule has 1 unspecified atom stereocenters. The number of hydrogen-bond donors (Lipinski definition) is 1. The monoisotopic (exact) mass is 206 g/mol. The van der Waals surface area contributed by atoms with Gasteiger partial charge in [-0.05, 0) is 32.3 Å². The first-order chi connectivity index (χ1) is 7.20. The molecule has 0 spiro atoms. The summed E-state index contributed by atoms with van der Waals surface area (Å²) in [6.07, 6.45) is 9.10. The van der Waals surface area contributed by atoms with E-state index in [9.17, 15) is 9.90 Å². The summed E-state index contributed by atoms with van der Waals surface area (Å²) >= 11 is 0. The first kappa shape index (κ1) is 12.0. The number of allylic oxidation sites excluding steroid dienone is 1. The molecule has 2 nitrogen and oxygen atoms in total. The Hall–Kier alpha value is -1.11. The van der Waals surface area contributed by atoms with E-state index in [0.29, 0.717) is 18.4 Å². The van der Waals surface area contributed by atoms with E-state index in [4.69, 9.17) is 0 Å². The van der Waals surface area contributed by atoms with Gasteiger partial charge in [-0.2, -0.15) is 0 Å². The van der Waals surface area contributed by atoms with Crippen molar-refractivity contribution in [2.24, 2.45) is 0 Å². The molecule has 1 aliphatic carbocycles. The maximum atomic E-state index is 11.5. The van der Waals surface area contributed by atoms with E-state index in [1.807, 2.05) is 12.2 Å². The van der Waals surface area contributed by atoms with Crippen molar-refractivity contribution in [1.29, 1.82) is 0 Å². The molecule has 1 rings (SSSR count). The Balaban J connectivity index is 2.71. The normalized spacial score (nSPS) is 26.4. The van der Waals surface area contributed by atoms with Crippen molar-refractivity contribution in [2.75, 3.05) is 0 Å². The number of Topliss-reactive ketones (excluding diaryl/α,β-unsaturated/α-hetero) is 1. The third-order valence-corrected chi connectivity index (χ3v) is 2.48. The minimum atomic E-state index is -0.445. The fraction of sp³-hybridized carbons (Fsp3) is 0.538. The summed E-state index contributed by atoms with van der Waals surface area (Å²) in [4.78, 5) is 11.5. The van der Waals surface area contributed by atoms with E-state index in [1.54, 1.807) is 13.0 Å². The van der Waals surface area contributed by atoms with Gasteiger partial charge >= 0.3 is 0 Å². The summed E-state index contributed by atoms with van der Waals surface area (Å²) in [5.74, 6) is 0.172. The SMILES string of the molecule is CC1=C=CCC(O)/C=C/CCCCC1=O. The fourth-order valence-corrected chi connectivity index (χ4v) is 1.48. The quantitative estimate of drug-likeness (QED) is 0.488. The first-order valence-corrected chi connectivity index (χ1v) is 5.50. The van der Waals surface area contributed by atoms with E-state index >= 15 is 0 Å². The second-order valence-corrected chi connectivity index (χ2v) is 3.87. The molecular weight excluding hydrogens is 188 g/mol. The van der Waals surface area contributed by atoms with Gasteiger partial charge in [-0.3, -0.25) is 4.79 Å². The Morgan fingerprint density at radius 1 is 1.47 bits per heavy atom. The number of carbonyl (C=O) groups is 1. The molecule has 0 amide bonds. The van der Waals surface area contributed by atoms with Crippen LogP contribution in [0.25, 0.3) is 0 Å². The molecule has 0 fully saturated rings. The van der Waals surface area contributed by atoms with Gasteiger partial charge in [0.1, 0.15) is 0 Å². The number of aliphatic hydroxyl groups excluding tert-OH is 1. The summed E-state index contributed by atoms with van der Waals surface area (Å²) in [6.45, 7) is 1.78. The predicted octanol–water partition coefficient (Wildman–Crippen LogP) is 2.54. The molecular formula is C13H18O2. The lowest BCUT2D eigenvalue weighted by molar-refractivity contribution is -0.115. The predicted molar refractivity (Wildman–Crippen MR) is 60.5 cm³/mol. The van der Waals surface area contributed by atoms with Crippen molar-refractivity contribution in [3.05, 3.63) is 29.5 Å². The molecule has 1 aliphatic rings. The zero-order chi connectivity index (χ0) is 11.1. The number of hydrogen-bond acceptors (Lipinski definition) is 2. The Labute approximate surface area is 91.0 Å². The van der Waals surface area contributed by atoms with Gasteiger partial charge < -0.3 is 5.11 Å². The number of aliphatic hydroxyl groups is 1. The van der Waals surface area contributed by atoms with Crippen molar-refractivity contribution in [2.45, 2.75) is 45.1 Å². The largest absolute Gasteiger partial charge is 0.389 e. The fourth-order valence-electron chi connectivity index (χ4n) is 1.48. The topological polar surface area (TPSA) is 37.3 Å². The van der Waals surface area contributed by atoms with Crippen LogP contribution in [0, 0.1) is 0 Å². The van der Waals surface area contributed by atoms with Gasteiger partial charge in [0, 0.05) is 18.4 Å². The number of rotatable bonds is 0. The van der Waals surface area contributed by atoms with Gasteiger partial charge in [0.05, 0.1) is 6.10 Å². The zero-order valence-corrected chi connectivity index (χ0v) is 9.20. The van der Waals surface area contributed by atoms with Gasteiger partial charge in [-0.1, -0.05) is 12.2 Å². The van der Waals surface area contributed by atoms with E-state index < -0.39 is 6.10 Å². The van der Waals surface area contributed by atoms with Crippen LogP contribution in [0.15, 0.2) is 29.5 Å². The van der Waals surface area contributed by atoms with Gasteiger partial charge in [0.2, 0.25) is 0 Å². The third-order valence-electron chi connectivity index (χ3n) is 2.48. The van der Waals surface area contributed by atoms with E-state index in [2.05, 4.69) is 5.73 Å². The lowest BCUT2D eigenvalue weighted by atomic mass is 10.0. The zero-order valence-electron chi connectivity index (χ0n) is 9.20. The van der Waals surface area contributed by atoms with Crippen LogP contribution < -0.4 is 0 Å². The molecule has 0 aromatic carbocycles. The molecule has 1 atom stereocenters. The third kappa shape index (κ3) is 4.78. The smallest absolute Gasteiger partial charge is 0.166 e. The van der Waals surface area contributed by atoms with Crippen molar-refractivity contribution >= 4 is 5.78 Å². The molecule has 0 saturated carbocycles. The summed E-state index contributed by atoms with van der Waals surface area (Å²) in [6, 6.07) is 0. The molecule has 2 heteroatoms. The van der Waals surface area contributed by atoms with Crippen molar-refractivity contribution in [1.82, 2.24) is 0 Å². The summed E-state index contributed by atoms with van der Waals surface area (Å²) in [7, 11) is 0. The molecule has 0 aromatic rings. The standard InChI is InChI=1S/C13H18O2/c1-11-7-6-9-12(14)8-4-2-3-5-10-13(11)15/h4,6,8,12,14H,2-3,5,9-10H2,1H3/b8-4+. The minimum absolute atomic E-state index is 0.172. The average Bonchev–Trinajstić information content (AvgIpc) is 2.21. The molecule has 0 saturated heterocycles. The molecule has 15 heavy (non-hydrogen) atoms. The average molecular weight is 206 g/mol. The molecule has 0 heterocycles. The Bertz CT molecular complexity index is 306. The van der Waals surface area contributed by atoms with Crippen LogP contribution in [0.4, 0.5) is 0 Å². The number of carbonyl (C=O) groups excluding carboxylic acids is 1. The van der Waals surface area contributed by atoms with Crippen molar-refractivity contribution in [3.8, 4) is 0 Å². The van der Waals surface area contributed by atoms with E-state index in [-0.39, 0.29) is 5.78 Å². The maximum absolute atomic E-state index is 11.5. The summed E-state index contributed by atoms with van der Waals surface area (Å²) in [5, 5.41) is 9.49. The highest BCUT2D eigenvalue weighted by Crippen LogP contribution is 2.08. The summed E-state index contributed by atoms with van der Waals surface area (Å²) < 4.78 is 0. The second kappa shape index (κ2) is 6.39. The first-order valence-electron chi connectivity index (χ1n) is 5.50. The molecule has 0 radical (unpaired) electrons. The molecule has 0 aromatic heterocycles. The van der Waals surface area contributed by atoms with Crippen LogP contribution in [0.3, 0.4) is 0 Å². The van der Waals surface area contributed by atoms with Crippen LogP contribution in [-0.2, 0) is 4.79 Å². The minimum Gasteiger partial charge on any atom is -0.389 e. The van der Waals surface area contributed by atoms with Crippen molar-refractivity contribution in [3.63, 3.8) is 0 Å². The maximum Gasteiger partial charge on any atom is 0.166 e. The Kier molecular flexibility index (Phi) is 5.09. The molecule has 0 aliphatic heterocycles. The molecule has 1 N–H and O–H groups in total. The molecule has 0 bridgehead atoms. The van der Waals surface area contributed by atoms with Crippen LogP contribution in [0.5, 0.6) is 0 Å². The van der Waals surface area contributed by atoms with Gasteiger partial charge in [0.25, 0.3) is 0 Å². The van der Waals surface area contributed by atoms with Gasteiger partial charge in [0.15, 0.2) is 5.78 Å². The van der Waals surface area contributed by atoms with Gasteiger partial charge in [-0.15, -0.1) is 5.73 Å². The van der Waals surface area contributed by atoms with Gasteiger partial charge in [-0.25, -0.2) is 0 Å². The highest BCUT2D eigenvalue weighted by Gasteiger charge is 2.03. The molecule has 82 valence electrons. The van der Waals surface area contributed by atoms with Crippen LogP contribution in [0.1, 0.15) is 39.0 Å². The Morgan fingerprint density at radius 3 is 3.07 bits per heavy atom. The lowest BCUT2D eigenvalue weighted by Crippen LogP contribution is -2.01. The highest BCUT2D eigenvalue weighted by atomic mass is 16.3. The summed E-state index contributed by atoms with van der Waals surface area (Å²) in [5.41, 5.74) is 3.60. The second-order valence-electron chi connectivity index (χ2n) is 3.87. The highest BCUT2D eigenvalue weighted by molar-refractivity contribution is 5.94. The van der Waals surface area contributed by atoms with Crippen molar-refractivity contribution < 1.29 is 9.90 Å². The van der Waals surface area contributed by atoms with Crippen LogP contribution in [0.2, 0.25) is 0 Å². The number of ketones is 1. The van der Waals surface area contributed by atoms with Crippen LogP contribution in [-0.4, -0.2) is 17.0 Å². The van der Waals surface area contributed by atoms with E-state index in [1.165, 1.54) is 0 Å².